The number of hydrogen-bond donors (Lipinski definition) is 1. The number of nitrogens with one attached hydrogen (secondary N) is 1. The SMILES string of the molecule is O=C(Nc1ccccn1)C1CC(=O)N(Cc2cccc(C(F)(F)F)c2)C1. The van der Waals surface area contributed by atoms with Gasteiger partial charge in [0.15, 0.2) is 0 Å². The van der Waals surface area contributed by atoms with Crippen LogP contribution in [0.5, 0.6) is 0 Å². The number of pyridine rings is 1. The van der Waals surface area contributed by atoms with Gasteiger partial charge in [0.25, 0.3) is 0 Å². The van der Waals surface area contributed by atoms with Crippen LogP contribution in [0.1, 0.15) is 17.5 Å². The number of benzene rings is 1. The molecule has 1 aromatic heterocycles. The van der Waals surface area contributed by atoms with Gasteiger partial charge < -0.3 is 10.2 Å². The number of amides is 2. The second kappa shape index (κ2) is 7.15. The second-order valence-electron chi connectivity index (χ2n) is 6.08. The van der Waals surface area contributed by atoms with Crippen LogP contribution in [0.25, 0.3) is 0 Å². The molecule has 2 amide bonds. The summed E-state index contributed by atoms with van der Waals surface area (Å²) in [4.78, 5) is 29.8. The summed E-state index contributed by atoms with van der Waals surface area (Å²) in [7, 11) is 0. The Kier molecular flexibility index (Phi) is 4.92. The van der Waals surface area contributed by atoms with E-state index >= 15 is 0 Å². The summed E-state index contributed by atoms with van der Waals surface area (Å²) in [5, 5.41) is 2.64. The Labute approximate surface area is 147 Å². The molecule has 0 bridgehead atoms. The molecule has 5 nitrogen and oxygen atoms in total. The van der Waals surface area contributed by atoms with Crippen LogP contribution < -0.4 is 5.32 Å². The topological polar surface area (TPSA) is 62.3 Å². The number of carbonyl (C=O) groups is 2. The van der Waals surface area contributed by atoms with Crippen molar-refractivity contribution in [2.45, 2.75) is 19.1 Å². The molecule has 1 fully saturated rings. The highest BCUT2D eigenvalue weighted by Crippen LogP contribution is 2.30. The second-order valence-corrected chi connectivity index (χ2v) is 6.08. The van der Waals surface area contributed by atoms with E-state index in [4.69, 9.17) is 0 Å². The largest absolute Gasteiger partial charge is 0.416 e. The molecule has 1 atom stereocenters. The van der Waals surface area contributed by atoms with E-state index in [-0.39, 0.29) is 31.3 Å². The molecule has 0 spiro atoms. The first-order valence-electron chi connectivity index (χ1n) is 7.99. The molecule has 1 N–H and O–H groups in total. The maximum Gasteiger partial charge on any atom is 0.416 e. The highest BCUT2D eigenvalue weighted by Gasteiger charge is 2.35. The molecule has 1 saturated heterocycles. The summed E-state index contributed by atoms with van der Waals surface area (Å²) in [6.45, 7) is 0.198. The standard InChI is InChI=1S/C18H16F3N3O2/c19-18(20,21)14-5-3-4-12(8-14)10-24-11-13(9-16(24)25)17(26)23-15-6-1-2-7-22-15/h1-8,13H,9-11H2,(H,22,23,26). The number of carbonyl (C=O) groups excluding carboxylic acids is 2. The van der Waals surface area contributed by atoms with E-state index in [0.717, 1.165) is 12.1 Å². The highest BCUT2D eigenvalue weighted by molar-refractivity contribution is 5.96. The number of nitrogens with zero attached hydrogens (tertiary/aromatic N) is 2. The molecule has 2 heterocycles. The van der Waals surface area contributed by atoms with Crippen molar-refractivity contribution in [1.82, 2.24) is 9.88 Å². The van der Waals surface area contributed by atoms with Crippen LogP contribution in [-0.4, -0.2) is 28.2 Å². The van der Waals surface area contributed by atoms with Crippen molar-refractivity contribution < 1.29 is 22.8 Å². The van der Waals surface area contributed by atoms with Gasteiger partial charge in [-0.3, -0.25) is 9.59 Å². The smallest absolute Gasteiger partial charge is 0.338 e. The molecular formula is C18H16F3N3O2. The minimum absolute atomic E-state index is 0.0254. The van der Waals surface area contributed by atoms with Crippen molar-refractivity contribution in [3.63, 3.8) is 0 Å². The summed E-state index contributed by atoms with van der Waals surface area (Å²) in [5.41, 5.74) is -0.384. The molecule has 1 aliphatic rings. The summed E-state index contributed by atoms with van der Waals surface area (Å²) < 4.78 is 38.4. The van der Waals surface area contributed by atoms with Gasteiger partial charge in [0.05, 0.1) is 11.5 Å². The molecule has 8 heteroatoms. The Morgan fingerprint density at radius 1 is 1.23 bits per heavy atom. The molecule has 0 radical (unpaired) electrons. The van der Waals surface area contributed by atoms with Crippen molar-refractivity contribution in [1.29, 1.82) is 0 Å². The van der Waals surface area contributed by atoms with E-state index in [1.54, 1.807) is 18.2 Å². The third kappa shape index (κ3) is 4.19. The number of anilines is 1. The predicted octanol–water partition coefficient (Wildman–Crippen LogP) is 3.09. The van der Waals surface area contributed by atoms with Crippen molar-refractivity contribution in [3.8, 4) is 0 Å². The third-order valence-electron chi connectivity index (χ3n) is 4.13. The van der Waals surface area contributed by atoms with E-state index in [9.17, 15) is 22.8 Å². The van der Waals surface area contributed by atoms with Gasteiger partial charge in [-0.05, 0) is 29.8 Å². The van der Waals surface area contributed by atoms with Crippen molar-refractivity contribution in [2.24, 2.45) is 5.92 Å². The van der Waals surface area contributed by atoms with E-state index in [1.165, 1.54) is 23.2 Å². The van der Waals surface area contributed by atoms with Crippen molar-refractivity contribution in [3.05, 3.63) is 59.8 Å². The molecule has 1 unspecified atom stereocenters. The molecule has 1 aliphatic heterocycles. The average molecular weight is 363 g/mol. The fourth-order valence-corrected chi connectivity index (χ4v) is 2.83. The summed E-state index contributed by atoms with van der Waals surface area (Å²) in [6, 6.07) is 9.92. The van der Waals surface area contributed by atoms with Gasteiger partial charge in [0, 0.05) is 25.7 Å². The summed E-state index contributed by atoms with van der Waals surface area (Å²) >= 11 is 0. The lowest BCUT2D eigenvalue weighted by atomic mass is 10.1. The van der Waals surface area contributed by atoms with Crippen LogP contribution >= 0.6 is 0 Å². The van der Waals surface area contributed by atoms with Gasteiger partial charge >= 0.3 is 6.18 Å². The lowest BCUT2D eigenvalue weighted by Crippen LogP contribution is -2.28. The summed E-state index contributed by atoms with van der Waals surface area (Å²) in [6.07, 6.45) is -2.87. The first-order chi connectivity index (χ1) is 12.3. The van der Waals surface area contributed by atoms with Gasteiger partial charge in [-0.2, -0.15) is 13.2 Å². The molecule has 2 aromatic rings. The normalized spacial score (nSPS) is 17.4. The number of rotatable bonds is 4. The third-order valence-corrected chi connectivity index (χ3v) is 4.13. The number of halogens is 3. The zero-order chi connectivity index (χ0) is 18.7. The highest BCUT2D eigenvalue weighted by atomic mass is 19.4. The van der Waals surface area contributed by atoms with Gasteiger partial charge in [-0.1, -0.05) is 18.2 Å². The molecule has 26 heavy (non-hydrogen) atoms. The van der Waals surface area contributed by atoms with Gasteiger partial charge in [-0.15, -0.1) is 0 Å². The number of alkyl halides is 3. The van der Waals surface area contributed by atoms with E-state index in [2.05, 4.69) is 10.3 Å². The van der Waals surface area contributed by atoms with E-state index in [0.29, 0.717) is 11.4 Å². The lowest BCUT2D eigenvalue weighted by Gasteiger charge is -2.17. The van der Waals surface area contributed by atoms with E-state index in [1.807, 2.05) is 0 Å². The van der Waals surface area contributed by atoms with Crippen LogP contribution in [0.2, 0.25) is 0 Å². The van der Waals surface area contributed by atoms with Crippen LogP contribution in [0.4, 0.5) is 19.0 Å². The number of hydrogen-bond acceptors (Lipinski definition) is 3. The van der Waals surface area contributed by atoms with Gasteiger partial charge in [0.1, 0.15) is 5.82 Å². The first kappa shape index (κ1) is 17.9. The zero-order valence-electron chi connectivity index (χ0n) is 13.7. The molecule has 136 valence electrons. The Balaban J connectivity index is 1.64. The molecule has 0 saturated carbocycles. The zero-order valence-corrected chi connectivity index (χ0v) is 13.7. The van der Waals surface area contributed by atoms with Gasteiger partial charge in [0.2, 0.25) is 11.8 Å². The molecule has 0 aliphatic carbocycles. The molecular weight excluding hydrogens is 347 g/mol. The average Bonchev–Trinajstić information content (AvgIpc) is 2.96. The maximum absolute atomic E-state index is 12.8. The molecule has 3 rings (SSSR count). The van der Waals surface area contributed by atoms with Crippen LogP contribution in [0, 0.1) is 5.92 Å². The Hall–Kier alpha value is -2.90. The minimum atomic E-state index is -4.43. The Morgan fingerprint density at radius 3 is 2.73 bits per heavy atom. The summed E-state index contributed by atoms with van der Waals surface area (Å²) in [5.74, 6) is -0.760. The van der Waals surface area contributed by atoms with Crippen LogP contribution in [-0.2, 0) is 22.3 Å². The van der Waals surface area contributed by atoms with Crippen molar-refractivity contribution >= 4 is 17.6 Å². The van der Waals surface area contributed by atoms with Crippen molar-refractivity contribution in [2.75, 3.05) is 11.9 Å². The predicted molar refractivity (Wildman–Crippen MR) is 87.8 cm³/mol. The fraction of sp³-hybridized carbons (Fsp3) is 0.278. The van der Waals surface area contributed by atoms with Gasteiger partial charge in [-0.25, -0.2) is 4.98 Å². The monoisotopic (exact) mass is 363 g/mol. The minimum Gasteiger partial charge on any atom is -0.338 e. The lowest BCUT2D eigenvalue weighted by molar-refractivity contribution is -0.137. The maximum atomic E-state index is 12.8. The number of aromatic nitrogens is 1. The quantitative estimate of drug-likeness (QED) is 0.908. The Bertz CT molecular complexity index is 809. The first-order valence-corrected chi connectivity index (χ1v) is 7.99. The Morgan fingerprint density at radius 2 is 2.04 bits per heavy atom. The van der Waals surface area contributed by atoms with E-state index < -0.39 is 17.7 Å². The number of likely N-dealkylation sites (tertiary alicyclic amines) is 1. The van der Waals surface area contributed by atoms with Crippen LogP contribution in [0.15, 0.2) is 48.7 Å². The van der Waals surface area contributed by atoms with Crippen LogP contribution in [0.3, 0.4) is 0 Å². The fourth-order valence-electron chi connectivity index (χ4n) is 2.83. The molecule has 1 aromatic carbocycles.